The quantitative estimate of drug-likeness (QED) is 0.132. The highest BCUT2D eigenvalue weighted by Crippen LogP contribution is 2.48. The van der Waals surface area contributed by atoms with E-state index in [1.165, 1.54) is 11.3 Å². The maximum atomic E-state index is 14.1. The summed E-state index contributed by atoms with van der Waals surface area (Å²) in [5.74, 6) is 14.9. The largest absolute Gasteiger partial charge is 0.364 e. The Balaban J connectivity index is 1.83. The number of methoxy groups -OCH3 is 2. The highest BCUT2D eigenvalue weighted by Gasteiger charge is 2.51. The molecule has 1 aromatic heterocycles. The molecule has 6 heteroatoms. The molecule has 0 saturated carbocycles. The average molecular weight is 799 g/mol. The van der Waals surface area contributed by atoms with Gasteiger partial charge in [0.15, 0.2) is 0 Å². The number of hydrogen-bond donors (Lipinski definition) is 0. The summed E-state index contributed by atoms with van der Waals surface area (Å²) >= 11 is 1.29. The zero-order valence-corrected chi connectivity index (χ0v) is 38.1. The minimum atomic E-state index is -3.76. The van der Waals surface area contributed by atoms with Crippen molar-refractivity contribution in [3.05, 3.63) is 95.6 Å². The third-order valence-corrected chi connectivity index (χ3v) is 15.1. The number of rotatable bonds is 4. The van der Waals surface area contributed by atoms with Crippen LogP contribution in [0.4, 0.5) is 0 Å². The first-order valence-corrected chi connectivity index (χ1v) is 22.0. The van der Waals surface area contributed by atoms with Gasteiger partial charge in [-0.3, -0.25) is 0 Å². The van der Waals surface area contributed by atoms with E-state index in [9.17, 15) is 8.42 Å². The smallest absolute Gasteiger partial charge is 0.215 e. The van der Waals surface area contributed by atoms with Crippen LogP contribution in [0.2, 0.25) is 0 Å². The molecular weight excluding hydrogens is 741 g/mol. The van der Waals surface area contributed by atoms with Crippen LogP contribution < -0.4 is 0 Å². The number of thiophene rings is 1. The molecule has 57 heavy (non-hydrogen) atoms. The van der Waals surface area contributed by atoms with Crippen LogP contribution >= 0.6 is 11.3 Å². The summed E-state index contributed by atoms with van der Waals surface area (Å²) in [4.78, 5) is 0.278. The summed E-state index contributed by atoms with van der Waals surface area (Å²) in [6.07, 6.45) is 0. The lowest BCUT2D eigenvalue weighted by molar-refractivity contribution is -0.116. The Morgan fingerprint density at radius 1 is 0.526 bits per heavy atom. The van der Waals surface area contributed by atoms with E-state index in [4.69, 9.17) is 9.47 Å². The van der Waals surface area contributed by atoms with Crippen molar-refractivity contribution >= 4 is 63.6 Å². The van der Waals surface area contributed by atoms with E-state index < -0.39 is 21.0 Å². The number of fused-ring (bicyclic) bond motifs is 4. The molecule has 0 unspecified atom stereocenters. The van der Waals surface area contributed by atoms with Crippen molar-refractivity contribution in [1.82, 2.24) is 0 Å². The van der Waals surface area contributed by atoms with E-state index in [0.717, 1.165) is 59.1 Å². The molecule has 0 saturated heterocycles. The van der Waals surface area contributed by atoms with Crippen molar-refractivity contribution in [1.29, 1.82) is 0 Å². The summed E-state index contributed by atoms with van der Waals surface area (Å²) < 4.78 is 42.2. The first-order valence-electron chi connectivity index (χ1n) is 19.7. The molecule has 0 radical (unpaired) electrons. The third kappa shape index (κ3) is 7.08. The van der Waals surface area contributed by atoms with E-state index in [1.54, 1.807) is 32.4 Å². The molecule has 6 aromatic rings. The number of benzene rings is 5. The van der Waals surface area contributed by atoms with Crippen LogP contribution in [0.15, 0.2) is 88.0 Å². The van der Waals surface area contributed by atoms with E-state index in [0.29, 0.717) is 4.21 Å². The van der Waals surface area contributed by atoms with E-state index in [1.807, 2.05) is 19.1 Å². The fourth-order valence-corrected chi connectivity index (χ4v) is 12.1. The van der Waals surface area contributed by atoms with Crippen LogP contribution in [-0.2, 0) is 19.3 Å². The molecule has 0 aliphatic rings. The Bertz CT molecular complexity index is 2590. The summed E-state index contributed by atoms with van der Waals surface area (Å²) in [6, 6.07) is 25.9. The molecule has 5 aromatic carbocycles. The van der Waals surface area contributed by atoms with Crippen LogP contribution in [0.5, 0.6) is 0 Å². The fourth-order valence-electron chi connectivity index (χ4n) is 9.28. The van der Waals surface area contributed by atoms with Gasteiger partial charge < -0.3 is 9.47 Å². The zero-order valence-electron chi connectivity index (χ0n) is 36.5. The van der Waals surface area contributed by atoms with Gasteiger partial charge in [0.05, 0.1) is 4.90 Å². The summed E-state index contributed by atoms with van der Waals surface area (Å²) in [7, 11) is -0.253. The van der Waals surface area contributed by atoms with Gasteiger partial charge in [-0.2, -0.15) is 0 Å². The van der Waals surface area contributed by atoms with E-state index >= 15 is 0 Å². The highest BCUT2D eigenvalue weighted by atomic mass is 32.2. The van der Waals surface area contributed by atoms with Gasteiger partial charge in [-0.15, -0.1) is 11.3 Å². The first kappa shape index (κ1) is 42.4. The number of ether oxygens (including phenoxy) is 2. The Labute approximate surface area is 345 Å². The predicted molar refractivity (Wildman–Crippen MR) is 242 cm³/mol. The van der Waals surface area contributed by atoms with Gasteiger partial charge in [-0.1, -0.05) is 149 Å². The molecular formula is C51H58O4S2. The van der Waals surface area contributed by atoms with Crippen molar-refractivity contribution in [2.75, 3.05) is 14.2 Å². The van der Waals surface area contributed by atoms with Gasteiger partial charge in [0, 0.05) is 57.1 Å². The van der Waals surface area contributed by atoms with Crippen molar-refractivity contribution in [2.45, 2.75) is 110 Å². The lowest BCUT2D eigenvalue weighted by Gasteiger charge is -2.48. The Morgan fingerprint density at radius 2 is 0.912 bits per heavy atom. The van der Waals surface area contributed by atoms with E-state index in [2.05, 4.69) is 155 Å². The summed E-state index contributed by atoms with van der Waals surface area (Å²) in [6.45, 7) is 28.1. The second kappa shape index (κ2) is 14.3. The predicted octanol–water partition coefficient (Wildman–Crippen LogP) is 13.2. The minimum Gasteiger partial charge on any atom is -0.364 e. The Morgan fingerprint density at radius 3 is 1.30 bits per heavy atom. The first-order chi connectivity index (χ1) is 26.3. The molecule has 0 amide bonds. The standard InChI is InChI=1S/C51H58O4S2/c1-33-20-22-37(23-21-33)57(52,53)45-31-36-30-42-38(24-26-50(54-14,46(2,3)4)47(5,6)7)40-28-34-18-16-17-19-35(34)29-41(40)39(43(42)32-44(36)56-45)25-27-51(55-15,48(8,9)10)49(11,12)13/h16-23,28-32H,1-15H3. The third-order valence-electron chi connectivity index (χ3n) is 11.8. The molecule has 0 aliphatic carbocycles. The van der Waals surface area contributed by atoms with Crippen LogP contribution in [0.3, 0.4) is 0 Å². The van der Waals surface area contributed by atoms with E-state index in [-0.39, 0.29) is 26.6 Å². The highest BCUT2D eigenvalue weighted by molar-refractivity contribution is 7.93. The Kier molecular flexibility index (Phi) is 10.6. The lowest BCUT2D eigenvalue weighted by Crippen LogP contribution is -2.53. The number of sulfone groups is 1. The summed E-state index contributed by atoms with van der Waals surface area (Å²) in [5, 5.41) is 6.78. The monoisotopic (exact) mass is 798 g/mol. The molecule has 0 fully saturated rings. The number of aryl methyl sites for hydroxylation is 1. The maximum absolute atomic E-state index is 14.1. The maximum Gasteiger partial charge on any atom is 0.215 e. The fraction of sp³-hybridized carbons (Fsp3) is 0.412. The van der Waals surface area contributed by atoms with Gasteiger partial charge in [0.25, 0.3) is 0 Å². The van der Waals surface area contributed by atoms with Crippen LogP contribution in [0.1, 0.15) is 99.8 Å². The molecule has 0 N–H and O–H groups in total. The minimum absolute atomic E-state index is 0.278. The summed E-state index contributed by atoms with van der Waals surface area (Å²) in [5.41, 5.74) is -0.243. The van der Waals surface area contributed by atoms with Gasteiger partial charge in [-0.25, -0.2) is 8.42 Å². The molecule has 4 nitrogen and oxygen atoms in total. The molecule has 0 atom stereocenters. The molecule has 0 aliphatic heterocycles. The van der Waals surface area contributed by atoms with Crippen molar-refractivity contribution in [3.8, 4) is 23.7 Å². The van der Waals surface area contributed by atoms with Gasteiger partial charge in [-0.05, 0) is 81.7 Å². The molecule has 0 bridgehead atoms. The lowest BCUT2D eigenvalue weighted by atomic mass is 9.62. The number of hydrogen-bond acceptors (Lipinski definition) is 5. The molecule has 6 rings (SSSR count). The Hall–Kier alpha value is -4.17. The second-order valence-electron chi connectivity index (χ2n) is 19.6. The van der Waals surface area contributed by atoms with Gasteiger partial charge in [0.2, 0.25) is 9.84 Å². The molecule has 0 spiro atoms. The van der Waals surface area contributed by atoms with Crippen molar-refractivity contribution in [3.63, 3.8) is 0 Å². The average Bonchev–Trinajstić information content (AvgIpc) is 3.53. The topological polar surface area (TPSA) is 52.6 Å². The van der Waals surface area contributed by atoms with Gasteiger partial charge >= 0.3 is 0 Å². The zero-order chi connectivity index (χ0) is 42.1. The van der Waals surface area contributed by atoms with Crippen molar-refractivity contribution in [2.24, 2.45) is 21.7 Å². The molecule has 1 heterocycles. The second-order valence-corrected chi connectivity index (χ2v) is 22.8. The van der Waals surface area contributed by atoms with Crippen LogP contribution in [0, 0.1) is 52.3 Å². The normalized spacial score (nSPS) is 13.5. The van der Waals surface area contributed by atoms with Crippen LogP contribution in [-0.4, -0.2) is 33.8 Å². The SMILES string of the molecule is COC(C#Cc1c2cc3ccccc3cc2c(C#CC(OC)(C(C)(C)C)C(C)(C)C)c2cc3sc(S(=O)(=O)c4ccc(C)cc4)cc3cc12)(C(C)(C)C)C(C)(C)C. The van der Waals surface area contributed by atoms with Crippen molar-refractivity contribution < 1.29 is 17.9 Å². The van der Waals surface area contributed by atoms with Crippen LogP contribution in [0.25, 0.3) is 42.4 Å². The molecule has 298 valence electrons. The van der Waals surface area contributed by atoms with Gasteiger partial charge in [0.1, 0.15) is 15.4 Å².